The van der Waals surface area contributed by atoms with Crippen LogP contribution in [0.3, 0.4) is 0 Å². The first kappa shape index (κ1) is 21.5. The summed E-state index contributed by atoms with van der Waals surface area (Å²) < 4.78 is 0. The number of hydrogen-bond donors (Lipinski definition) is 1. The summed E-state index contributed by atoms with van der Waals surface area (Å²) >= 11 is 6.18. The number of nitrogens with zero attached hydrogens (tertiary/aromatic N) is 2. The van der Waals surface area contributed by atoms with Gasteiger partial charge in [-0.05, 0) is 55.8 Å². The second-order valence-electron chi connectivity index (χ2n) is 7.77. The fraction of sp³-hybridized carbons (Fsp3) is 0.208. The van der Waals surface area contributed by atoms with Gasteiger partial charge in [0.15, 0.2) is 0 Å². The molecule has 0 radical (unpaired) electrons. The minimum atomic E-state index is -0.644. The number of rotatable bonds is 5. The minimum Gasteiger partial charge on any atom is -0.348 e. The van der Waals surface area contributed by atoms with Gasteiger partial charge in [0, 0.05) is 37.1 Å². The van der Waals surface area contributed by atoms with Gasteiger partial charge in [0.05, 0.1) is 16.1 Å². The monoisotopic (exact) mass is 421 g/mol. The predicted molar refractivity (Wildman–Crippen MR) is 121 cm³/mol. The van der Waals surface area contributed by atoms with Crippen LogP contribution in [0.15, 0.2) is 66.9 Å². The van der Waals surface area contributed by atoms with Gasteiger partial charge < -0.3 is 10.2 Å². The predicted octanol–water partition coefficient (Wildman–Crippen LogP) is 5.02. The zero-order valence-electron chi connectivity index (χ0n) is 17.4. The van der Waals surface area contributed by atoms with Gasteiger partial charge in [0.25, 0.3) is 5.91 Å². The van der Waals surface area contributed by atoms with E-state index < -0.39 is 5.41 Å². The molecule has 0 saturated heterocycles. The summed E-state index contributed by atoms with van der Waals surface area (Å²) in [6, 6.07) is 18.0. The van der Waals surface area contributed by atoms with E-state index >= 15 is 0 Å². The first-order valence-electron chi connectivity index (χ1n) is 9.55. The van der Waals surface area contributed by atoms with Crippen LogP contribution in [0.1, 0.15) is 29.8 Å². The lowest BCUT2D eigenvalue weighted by Crippen LogP contribution is -2.39. The zero-order valence-corrected chi connectivity index (χ0v) is 18.2. The third-order valence-corrected chi connectivity index (χ3v) is 5.29. The topological polar surface area (TPSA) is 62.3 Å². The largest absolute Gasteiger partial charge is 0.348 e. The average molecular weight is 422 g/mol. The van der Waals surface area contributed by atoms with Crippen molar-refractivity contribution in [2.45, 2.75) is 19.3 Å². The summed E-state index contributed by atoms with van der Waals surface area (Å²) in [6.07, 6.45) is 1.68. The minimum absolute atomic E-state index is 0.0207. The van der Waals surface area contributed by atoms with Crippen LogP contribution in [-0.2, 0) is 10.2 Å². The van der Waals surface area contributed by atoms with Crippen molar-refractivity contribution in [3.05, 3.63) is 83.0 Å². The van der Waals surface area contributed by atoms with E-state index in [2.05, 4.69) is 10.3 Å². The number of carbonyl (C=O) groups is 2. The Labute approximate surface area is 181 Å². The molecule has 0 aliphatic carbocycles. The molecule has 1 N–H and O–H groups in total. The molecule has 1 aromatic heterocycles. The molecule has 3 aromatic rings. The van der Waals surface area contributed by atoms with Crippen molar-refractivity contribution in [2.24, 2.45) is 0 Å². The summed E-state index contributed by atoms with van der Waals surface area (Å²) in [7, 11) is 3.48. The molecule has 5 nitrogen and oxygen atoms in total. The van der Waals surface area contributed by atoms with Gasteiger partial charge in [-0.15, -0.1) is 0 Å². The van der Waals surface area contributed by atoms with Crippen molar-refractivity contribution < 1.29 is 9.59 Å². The highest BCUT2D eigenvalue weighted by Crippen LogP contribution is 2.27. The Balaban J connectivity index is 1.72. The molecule has 30 heavy (non-hydrogen) atoms. The molecule has 0 bridgehead atoms. The second kappa shape index (κ2) is 8.67. The number of anilines is 1. The van der Waals surface area contributed by atoms with Crippen LogP contribution in [0.25, 0.3) is 11.3 Å². The Hall–Kier alpha value is -3.18. The number of hydrogen-bond acceptors (Lipinski definition) is 3. The van der Waals surface area contributed by atoms with Crippen LogP contribution in [-0.4, -0.2) is 35.8 Å². The molecule has 0 fully saturated rings. The van der Waals surface area contributed by atoms with Gasteiger partial charge in [-0.1, -0.05) is 35.9 Å². The molecule has 3 rings (SSSR count). The van der Waals surface area contributed by atoms with Gasteiger partial charge in [0.1, 0.15) is 0 Å². The molecule has 0 saturated carbocycles. The van der Waals surface area contributed by atoms with Crippen molar-refractivity contribution >= 4 is 29.1 Å². The van der Waals surface area contributed by atoms with E-state index in [9.17, 15) is 9.59 Å². The maximum Gasteiger partial charge on any atom is 0.255 e. The van der Waals surface area contributed by atoms with Gasteiger partial charge in [-0.3, -0.25) is 14.6 Å². The Bertz CT molecular complexity index is 1060. The van der Waals surface area contributed by atoms with Crippen LogP contribution < -0.4 is 5.32 Å². The highest BCUT2D eigenvalue weighted by molar-refractivity contribution is 6.33. The normalized spacial score (nSPS) is 11.1. The highest BCUT2D eigenvalue weighted by atomic mass is 35.5. The maximum absolute atomic E-state index is 12.6. The van der Waals surface area contributed by atoms with Crippen molar-refractivity contribution in [1.29, 1.82) is 0 Å². The third-order valence-electron chi connectivity index (χ3n) is 4.98. The smallest absolute Gasteiger partial charge is 0.255 e. The van der Waals surface area contributed by atoms with E-state index in [0.717, 1.165) is 11.1 Å². The Morgan fingerprint density at radius 2 is 1.60 bits per heavy atom. The van der Waals surface area contributed by atoms with E-state index in [4.69, 9.17) is 11.6 Å². The third kappa shape index (κ3) is 4.52. The fourth-order valence-corrected chi connectivity index (χ4v) is 3.46. The van der Waals surface area contributed by atoms with Gasteiger partial charge >= 0.3 is 0 Å². The first-order chi connectivity index (χ1) is 14.2. The number of pyridine rings is 1. The number of likely N-dealkylation sites (N-methyl/N-ethyl adjacent to an activating group) is 1. The Morgan fingerprint density at radius 3 is 2.17 bits per heavy atom. The van der Waals surface area contributed by atoms with E-state index in [1.807, 2.05) is 38.1 Å². The van der Waals surface area contributed by atoms with Crippen LogP contribution in [0.4, 0.5) is 5.69 Å². The molecular weight excluding hydrogens is 398 g/mol. The maximum atomic E-state index is 12.6. The van der Waals surface area contributed by atoms with Gasteiger partial charge in [-0.2, -0.15) is 0 Å². The Kier molecular flexibility index (Phi) is 6.22. The molecular formula is C24H24ClN3O2. The molecule has 0 aliphatic rings. The number of carbonyl (C=O) groups excluding carboxylic acids is 2. The molecule has 1 heterocycles. The van der Waals surface area contributed by atoms with Crippen LogP contribution in [0.2, 0.25) is 5.02 Å². The van der Waals surface area contributed by atoms with Crippen LogP contribution in [0, 0.1) is 0 Å². The standard InChI is InChI=1S/C24H24ClN3O2/c1-24(2,23(30)28(3)4)18-11-13-19(14-12-18)27-22(29)17-9-7-16(8-10-17)21-20(25)6-5-15-26-21/h5-15H,1-4H3,(H,27,29). The van der Waals surface area contributed by atoms with E-state index in [1.165, 1.54) is 0 Å². The molecule has 154 valence electrons. The molecule has 0 unspecified atom stereocenters. The average Bonchev–Trinajstić information content (AvgIpc) is 2.74. The Morgan fingerprint density at radius 1 is 0.967 bits per heavy atom. The quantitative estimate of drug-likeness (QED) is 0.629. The SMILES string of the molecule is CN(C)C(=O)C(C)(C)c1ccc(NC(=O)c2ccc(-c3ncccc3Cl)cc2)cc1. The van der Waals surface area contributed by atoms with E-state index in [1.54, 1.807) is 61.6 Å². The number of amides is 2. The number of nitrogens with one attached hydrogen (secondary N) is 1. The first-order valence-corrected chi connectivity index (χ1v) is 9.92. The van der Waals surface area contributed by atoms with E-state index in [-0.39, 0.29) is 11.8 Å². The molecule has 2 amide bonds. The molecule has 6 heteroatoms. The number of benzene rings is 2. The molecule has 0 spiro atoms. The lowest BCUT2D eigenvalue weighted by Gasteiger charge is -2.27. The molecule has 0 aliphatic heterocycles. The fourth-order valence-electron chi connectivity index (χ4n) is 3.23. The van der Waals surface area contributed by atoms with Crippen molar-refractivity contribution in [3.8, 4) is 11.3 Å². The molecule has 2 aromatic carbocycles. The van der Waals surface area contributed by atoms with Crippen molar-refractivity contribution in [1.82, 2.24) is 9.88 Å². The summed E-state index contributed by atoms with van der Waals surface area (Å²) in [5, 5.41) is 3.44. The lowest BCUT2D eigenvalue weighted by atomic mass is 9.83. The number of aromatic nitrogens is 1. The second-order valence-corrected chi connectivity index (χ2v) is 8.17. The van der Waals surface area contributed by atoms with Gasteiger partial charge in [0.2, 0.25) is 5.91 Å². The summed E-state index contributed by atoms with van der Waals surface area (Å²) in [6.45, 7) is 3.77. The van der Waals surface area contributed by atoms with Crippen LogP contribution >= 0.6 is 11.6 Å². The molecule has 0 atom stereocenters. The highest BCUT2D eigenvalue weighted by Gasteiger charge is 2.31. The number of halogens is 1. The lowest BCUT2D eigenvalue weighted by molar-refractivity contribution is -0.133. The van der Waals surface area contributed by atoms with Gasteiger partial charge in [-0.25, -0.2) is 0 Å². The summed E-state index contributed by atoms with van der Waals surface area (Å²) in [5.41, 5.74) is 2.95. The van der Waals surface area contributed by atoms with Crippen molar-refractivity contribution in [3.63, 3.8) is 0 Å². The summed E-state index contributed by atoms with van der Waals surface area (Å²) in [4.78, 5) is 30.9. The van der Waals surface area contributed by atoms with Crippen LogP contribution in [0.5, 0.6) is 0 Å². The van der Waals surface area contributed by atoms with Crippen molar-refractivity contribution in [2.75, 3.05) is 19.4 Å². The zero-order chi connectivity index (χ0) is 21.9. The van der Waals surface area contributed by atoms with E-state index in [0.29, 0.717) is 22.0 Å². The summed E-state index contributed by atoms with van der Waals surface area (Å²) in [5.74, 6) is -0.197.